The van der Waals surface area contributed by atoms with E-state index in [2.05, 4.69) is 27.2 Å². The fraction of sp³-hybridized carbons (Fsp3) is 0.483. The van der Waals surface area contributed by atoms with Crippen molar-refractivity contribution in [3.63, 3.8) is 0 Å². The lowest BCUT2D eigenvalue weighted by molar-refractivity contribution is -0.136. The molecule has 7 nitrogen and oxygen atoms in total. The first-order valence-corrected chi connectivity index (χ1v) is 13.7. The SMILES string of the molecule is Cc1n[nH]nc1C(c1cccc(-n2cc3c(C(F)(F)F)cc(CN4CCC[C@H](C)C4)cn3c2=O)c1)C1CCC1. The summed E-state index contributed by atoms with van der Waals surface area (Å²) in [7, 11) is 0. The van der Waals surface area contributed by atoms with Crippen LogP contribution in [0.3, 0.4) is 0 Å². The van der Waals surface area contributed by atoms with Gasteiger partial charge < -0.3 is 0 Å². The minimum Gasteiger partial charge on any atom is -0.299 e. The smallest absolute Gasteiger partial charge is 0.299 e. The number of aromatic amines is 1. The Kier molecular flexibility index (Phi) is 6.61. The van der Waals surface area contributed by atoms with Crippen LogP contribution in [0.25, 0.3) is 11.2 Å². The second-order valence-corrected chi connectivity index (χ2v) is 11.3. The molecule has 206 valence electrons. The van der Waals surface area contributed by atoms with Crippen molar-refractivity contribution in [1.82, 2.24) is 29.3 Å². The average Bonchev–Trinajstić information content (AvgIpc) is 3.43. The zero-order chi connectivity index (χ0) is 27.3. The summed E-state index contributed by atoms with van der Waals surface area (Å²) in [5.41, 5.74) is 2.26. The number of fused-ring (bicyclic) bond motifs is 1. The van der Waals surface area contributed by atoms with Crippen LogP contribution in [0.15, 0.2) is 47.5 Å². The lowest BCUT2D eigenvalue weighted by Gasteiger charge is -2.33. The van der Waals surface area contributed by atoms with E-state index in [0.717, 1.165) is 66.5 Å². The highest BCUT2D eigenvalue weighted by Gasteiger charge is 2.35. The Labute approximate surface area is 224 Å². The van der Waals surface area contributed by atoms with E-state index in [-0.39, 0.29) is 11.4 Å². The van der Waals surface area contributed by atoms with Crippen LogP contribution in [0.4, 0.5) is 13.2 Å². The highest BCUT2D eigenvalue weighted by molar-refractivity contribution is 5.58. The number of hydrogen-bond acceptors (Lipinski definition) is 4. The Bertz CT molecular complexity index is 1550. The lowest BCUT2D eigenvalue weighted by Crippen LogP contribution is -2.34. The molecule has 2 atom stereocenters. The van der Waals surface area contributed by atoms with E-state index in [0.29, 0.717) is 29.6 Å². The van der Waals surface area contributed by atoms with Gasteiger partial charge in [-0.25, -0.2) is 4.79 Å². The third kappa shape index (κ3) is 4.90. The summed E-state index contributed by atoms with van der Waals surface area (Å²) in [6, 6.07) is 8.73. The summed E-state index contributed by atoms with van der Waals surface area (Å²) >= 11 is 0. The number of alkyl halides is 3. The number of aryl methyl sites for hydroxylation is 1. The number of halogens is 3. The summed E-state index contributed by atoms with van der Waals surface area (Å²) < 4.78 is 45.2. The van der Waals surface area contributed by atoms with Crippen molar-refractivity contribution in [3.8, 4) is 5.69 Å². The topological polar surface area (TPSA) is 71.2 Å². The molecule has 1 aromatic carbocycles. The molecule has 1 aliphatic heterocycles. The first-order valence-electron chi connectivity index (χ1n) is 13.7. The third-order valence-corrected chi connectivity index (χ3v) is 8.46. The molecule has 2 aliphatic rings. The molecular weight excluding hydrogens is 505 g/mol. The second-order valence-electron chi connectivity index (χ2n) is 11.3. The fourth-order valence-corrected chi connectivity index (χ4v) is 6.31. The number of rotatable bonds is 6. The number of aromatic nitrogens is 5. The van der Waals surface area contributed by atoms with Crippen molar-refractivity contribution in [2.24, 2.45) is 11.8 Å². The molecule has 0 bridgehead atoms. The molecule has 1 saturated carbocycles. The Hall–Kier alpha value is -3.40. The number of imidazole rings is 1. The predicted octanol–water partition coefficient (Wildman–Crippen LogP) is 5.70. The minimum atomic E-state index is -4.59. The quantitative estimate of drug-likeness (QED) is 0.342. The van der Waals surface area contributed by atoms with Crippen molar-refractivity contribution in [2.45, 2.75) is 64.6 Å². The van der Waals surface area contributed by atoms with Crippen LogP contribution < -0.4 is 5.69 Å². The van der Waals surface area contributed by atoms with Gasteiger partial charge in [0, 0.05) is 31.4 Å². The normalized spacial score (nSPS) is 19.9. The van der Waals surface area contributed by atoms with E-state index < -0.39 is 17.4 Å². The first-order chi connectivity index (χ1) is 18.7. The average molecular weight is 539 g/mol. The van der Waals surface area contributed by atoms with E-state index in [1.807, 2.05) is 25.1 Å². The van der Waals surface area contributed by atoms with Crippen LogP contribution in [0.1, 0.15) is 73.0 Å². The molecule has 1 aliphatic carbocycles. The van der Waals surface area contributed by atoms with Gasteiger partial charge >= 0.3 is 11.9 Å². The molecule has 3 aromatic heterocycles. The summed E-state index contributed by atoms with van der Waals surface area (Å²) in [5.74, 6) is 0.922. The molecule has 4 aromatic rings. The molecule has 2 fully saturated rings. The second kappa shape index (κ2) is 9.97. The molecule has 39 heavy (non-hydrogen) atoms. The minimum absolute atomic E-state index is 0.00876. The summed E-state index contributed by atoms with van der Waals surface area (Å²) in [6.45, 7) is 6.15. The maximum atomic E-state index is 14.2. The van der Waals surface area contributed by atoms with Gasteiger partial charge in [-0.3, -0.25) is 13.9 Å². The van der Waals surface area contributed by atoms with Gasteiger partial charge in [0.2, 0.25) is 0 Å². The lowest BCUT2D eigenvalue weighted by atomic mass is 9.71. The largest absolute Gasteiger partial charge is 0.418 e. The maximum absolute atomic E-state index is 14.2. The molecule has 0 amide bonds. The van der Waals surface area contributed by atoms with Crippen LogP contribution in [0, 0.1) is 18.8 Å². The van der Waals surface area contributed by atoms with E-state index in [1.54, 1.807) is 12.3 Å². The predicted molar refractivity (Wildman–Crippen MR) is 142 cm³/mol. The molecule has 4 heterocycles. The zero-order valence-corrected chi connectivity index (χ0v) is 22.2. The highest BCUT2D eigenvalue weighted by atomic mass is 19.4. The van der Waals surface area contributed by atoms with E-state index in [4.69, 9.17) is 0 Å². The number of likely N-dealkylation sites (tertiary alicyclic amines) is 1. The van der Waals surface area contributed by atoms with Gasteiger partial charge in [-0.15, -0.1) is 0 Å². The first kappa shape index (κ1) is 25.9. The van der Waals surface area contributed by atoms with Crippen molar-refractivity contribution in [1.29, 1.82) is 0 Å². The number of pyridine rings is 1. The Morgan fingerprint density at radius 3 is 2.59 bits per heavy atom. The number of benzene rings is 1. The third-order valence-electron chi connectivity index (χ3n) is 8.46. The van der Waals surface area contributed by atoms with Crippen LogP contribution in [-0.4, -0.2) is 42.4 Å². The zero-order valence-electron chi connectivity index (χ0n) is 22.2. The monoisotopic (exact) mass is 538 g/mol. The molecule has 1 saturated heterocycles. The van der Waals surface area contributed by atoms with Gasteiger partial charge in [-0.05, 0) is 80.3 Å². The van der Waals surface area contributed by atoms with Crippen LogP contribution in [0.2, 0.25) is 0 Å². The van der Waals surface area contributed by atoms with Crippen molar-refractivity contribution in [3.05, 3.63) is 81.3 Å². The van der Waals surface area contributed by atoms with Gasteiger partial charge in [-0.2, -0.15) is 28.6 Å². The Balaban J connectivity index is 1.42. The molecular formula is C29H33F3N6O. The van der Waals surface area contributed by atoms with Gasteiger partial charge in [0.1, 0.15) is 0 Å². The number of piperidine rings is 1. The summed E-state index contributed by atoms with van der Waals surface area (Å²) in [5, 5.41) is 11.3. The Morgan fingerprint density at radius 2 is 1.92 bits per heavy atom. The number of nitrogens with one attached hydrogen (secondary N) is 1. The van der Waals surface area contributed by atoms with Crippen LogP contribution >= 0.6 is 0 Å². The van der Waals surface area contributed by atoms with Crippen LogP contribution in [0.5, 0.6) is 0 Å². The molecule has 1 unspecified atom stereocenters. The number of H-pyrrole nitrogens is 1. The highest BCUT2D eigenvalue weighted by Crippen LogP contribution is 2.43. The maximum Gasteiger partial charge on any atom is 0.418 e. The molecule has 6 rings (SSSR count). The molecule has 1 N–H and O–H groups in total. The van der Waals surface area contributed by atoms with E-state index >= 15 is 0 Å². The van der Waals surface area contributed by atoms with Gasteiger partial charge in [-0.1, -0.05) is 25.5 Å². The van der Waals surface area contributed by atoms with E-state index in [9.17, 15) is 18.0 Å². The molecule has 0 radical (unpaired) electrons. The number of nitrogens with zero attached hydrogens (tertiary/aromatic N) is 5. The van der Waals surface area contributed by atoms with Crippen molar-refractivity contribution < 1.29 is 13.2 Å². The summed E-state index contributed by atoms with van der Waals surface area (Å²) in [4.78, 5) is 15.8. The molecule has 10 heteroatoms. The van der Waals surface area contributed by atoms with Gasteiger partial charge in [0.25, 0.3) is 0 Å². The van der Waals surface area contributed by atoms with Crippen molar-refractivity contribution in [2.75, 3.05) is 13.1 Å². The van der Waals surface area contributed by atoms with Crippen LogP contribution in [-0.2, 0) is 12.7 Å². The van der Waals surface area contributed by atoms with E-state index in [1.165, 1.54) is 16.8 Å². The van der Waals surface area contributed by atoms with Gasteiger partial charge in [0.05, 0.1) is 28.2 Å². The standard InChI is InChI=1S/C29H33F3N6O/c1-18-6-5-11-36(14-18)15-20-12-24(29(30,31)32)25-17-37(28(39)38(25)16-20)23-10-4-9-22(13-23)26(21-7-3-8-21)27-19(2)33-35-34-27/h4,9-10,12-13,16-18,21,26H,3,5-8,11,14-15H2,1-2H3,(H,33,34,35)/t18-,26?/m0/s1. The Morgan fingerprint density at radius 1 is 1.10 bits per heavy atom. The summed E-state index contributed by atoms with van der Waals surface area (Å²) in [6.07, 6.45) is 3.76. The molecule has 0 spiro atoms. The fourth-order valence-electron chi connectivity index (χ4n) is 6.31. The van der Waals surface area contributed by atoms with Crippen molar-refractivity contribution >= 4 is 5.52 Å². The van der Waals surface area contributed by atoms with Gasteiger partial charge in [0.15, 0.2) is 0 Å². The number of hydrogen-bond donors (Lipinski definition) is 1.